The highest BCUT2D eigenvalue weighted by Crippen LogP contribution is 2.47. The topological polar surface area (TPSA) is 46.6 Å². The minimum Gasteiger partial charge on any atom is -0.381 e. The number of ether oxygens (including phenoxy) is 1. The molecule has 2 aliphatic rings. The van der Waals surface area contributed by atoms with Crippen molar-refractivity contribution in [2.75, 3.05) is 24.7 Å². The van der Waals surface area contributed by atoms with E-state index in [1.54, 1.807) is 12.1 Å². The molecular weight excluding hydrogens is 324 g/mol. The van der Waals surface area contributed by atoms with Crippen LogP contribution in [0.15, 0.2) is 29.2 Å². The van der Waals surface area contributed by atoms with E-state index >= 15 is 0 Å². The van der Waals surface area contributed by atoms with Gasteiger partial charge in [0.1, 0.15) is 0 Å². The van der Waals surface area contributed by atoms with Gasteiger partial charge in [0.05, 0.1) is 10.6 Å². The van der Waals surface area contributed by atoms with Gasteiger partial charge in [-0.15, -0.1) is 0 Å². The van der Waals surface area contributed by atoms with E-state index in [-0.39, 0.29) is 16.4 Å². The molecule has 4 nitrogen and oxygen atoms in total. The van der Waals surface area contributed by atoms with E-state index in [9.17, 15) is 17.2 Å². The van der Waals surface area contributed by atoms with Gasteiger partial charge in [0.2, 0.25) is 9.84 Å². The number of rotatable bonds is 3. The molecule has 0 aliphatic carbocycles. The van der Waals surface area contributed by atoms with Crippen molar-refractivity contribution in [3.63, 3.8) is 0 Å². The largest absolute Gasteiger partial charge is 0.381 e. The van der Waals surface area contributed by atoms with E-state index in [0.717, 1.165) is 19.3 Å². The second-order valence-electron chi connectivity index (χ2n) is 6.37. The number of para-hydroxylation sites is 1. The molecule has 23 heavy (non-hydrogen) atoms. The van der Waals surface area contributed by atoms with E-state index in [0.29, 0.717) is 25.4 Å². The maximum atomic E-state index is 13.0. The zero-order valence-corrected chi connectivity index (χ0v) is 13.9. The Morgan fingerprint density at radius 1 is 1.22 bits per heavy atom. The van der Waals surface area contributed by atoms with Crippen molar-refractivity contribution in [1.82, 2.24) is 0 Å². The Kier molecular flexibility index (Phi) is 4.35. The molecule has 2 saturated heterocycles. The Balaban J connectivity index is 1.98. The molecule has 0 amide bonds. The minimum atomic E-state index is -4.61. The van der Waals surface area contributed by atoms with Crippen molar-refractivity contribution < 1.29 is 21.9 Å². The Bertz CT molecular complexity index is 672. The summed E-state index contributed by atoms with van der Waals surface area (Å²) in [5.74, 6) is -3.40. The van der Waals surface area contributed by atoms with Crippen LogP contribution in [0.25, 0.3) is 0 Å². The van der Waals surface area contributed by atoms with Crippen molar-refractivity contribution in [2.45, 2.75) is 42.9 Å². The number of nitrogens with zero attached hydrogens (tertiary/aromatic N) is 1. The molecule has 0 saturated carbocycles. The number of benzene rings is 1. The number of sulfone groups is 1. The summed E-state index contributed by atoms with van der Waals surface area (Å²) >= 11 is 0. The van der Waals surface area contributed by atoms with Crippen LogP contribution in [0, 0.1) is 5.41 Å². The molecule has 0 radical (unpaired) electrons. The summed E-state index contributed by atoms with van der Waals surface area (Å²) in [6.45, 7) is 4.14. The fraction of sp³-hybridized carbons (Fsp3) is 0.625. The molecule has 1 aromatic carbocycles. The number of alkyl halides is 2. The summed E-state index contributed by atoms with van der Waals surface area (Å²) < 4.78 is 55.4. The number of anilines is 1. The summed E-state index contributed by atoms with van der Waals surface area (Å²) in [7, 11) is -4.61. The zero-order chi connectivity index (χ0) is 16.7. The maximum absolute atomic E-state index is 13.0. The van der Waals surface area contributed by atoms with Crippen LogP contribution in [-0.2, 0) is 14.6 Å². The molecule has 0 unspecified atom stereocenters. The molecule has 0 aromatic heterocycles. The van der Waals surface area contributed by atoms with Gasteiger partial charge in [-0.05, 0) is 43.7 Å². The Morgan fingerprint density at radius 2 is 1.87 bits per heavy atom. The van der Waals surface area contributed by atoms with Crippen LogP contribution in [0.1, 0.15) is 26.2 Å². The molecule has 0 N–H and O–H groups in total. The Hall–Kier alpha value is -1.21. The predicted molar refractivity (Wildman–Crippen MR) is 83.5 cm³/mol. The monoisotopic (exact) mass is 345 g/mol. The van der Waals surface area contributed by atoms with Gasteiger partial charge in [0, 0.05) is 25.8 Å². The third kappa shape index (κ3) is 2.74. The number of hydrogen-bond donors (Lipinski definition) is 0. The average Bonchev–Trinajstić information content (AvgIpc) is 2.85. The van der Waals surface area contributed by atoms with Gasteiger partial charge in [0.25, 0.3) is 0 Å². The SMILES string of the molecule is C[C@H]1N(c2ccccc2S(=O)(=O)C(F)F)CCC12CCOCC2. The van der Waals surface area contributed by atoms with Gasteiger partial charge in [-0.3, -0.25) is 0 Å². The highest BCUT2D eigenvalue weighted by molar-refractivity contribution is 7.91. The quantitative estimate of drug-likeness (QED) is 0.845. The highest BCUT2D eigenvalue weighted by Gasteiger charge is 2.46. The fourth-order valence-electron chi connectivity index (χ4n) is 3.88. The smallest absolute Gasteiger partial charge is 0.341 e. The van der Waals surface area contributed by atoms with Crippen LogP contribution < -0.4 is 4.90 Å². The number of halogens is 2. The first-order valence-corrected chi connectivity index (χ1v) is 9.39. The van der Waals surface area contributed by atoms with E-state index in [4.69, 9.17) is 4.74 Å². The van der Waals surface area contributed by atoms with Gasteiger partial charge >= 0.3 is 5.76 Å². The van der Waals surface area contributed by atoms with E-state index < -0.39 is 15.6 Å². The second kappa shape index (κ2) is 6.02. The van der Waals surface area contributed by atoms with E-state index in [1.807, 2.05) is 4.90 Å². The third-order valence-corrected chi connectivity index (χ3v) is 6.84. The lowest BCUT2D eigenvalue weighted by Crippen LogP contribution is -2.41. The molecule has 1 atom stereocenters. The molecule has 2 heterocycles. The first-order valence-electron chi connectivity index (χ1n) is 7.84. The fourth-order valence-corrected chi connectivity index (χ4v) is 4.82. The van der Waals surface area contributed by atoms with Gasteiger partial charge < -0.3 is 9.64 Å². The normalized spacial score (nSPS) is 24.5. The van der Waals surface area contributed by atoms with Crippen molar-refractivity contribution >= 4 is 15.5 Å². The standard InChI is InChI=1S/C16H21F2NO3S/c1-12-16(7-10-22-11-8-16)6-9-19(12)13-4-2-3-5-14(13)23(20,21)15(17)18/h2-5,12,15H,6-11H2,1H3/t12-/m1/s1. The van der Waals surface area contributed by atoms with Gasteiger partial charge in [0.15, 0.2) is 0 Å². The lowest BCUT2D eigenvalue weighted by atomic mass is 9.74. The zero-order valence-electron chi connectivity index (χ0n) is 13.0. The molecule has 2 aliphatic heterocycles. The van der Waals surface area contributed by atoms with Gasteiger partial charge in [-0.2, -0.15) is 8.78 Å². The maximum Gasteiger partial charge on any atom is 0.341 e. The summed E-state index contributed by atoms with van der Waals surface area (Å²) in [6, 6.07) is 6.19. The van der Waals surface area contributed by atoms with Crippen LogP contribution >= 0.6 is 0 Å². The van der Waals surface area contributed by atoms with Crippen LogP contribution in [0.3, 0.4) is 0 Å². The average molecular weight is 345 g/mol. The molecule has 1 aromatic rings. The first kappa shape index (κ1) is 16.6. The van der Waals surface area contributed by atoms with E-state index in [1.165, 1.54) is 12.1 Å². The van der Waals surface area contributed by atoms with Crippen molar-refractivity contribution in [2.24, 2.45) is 5.41 Å². The van der Waals surface area contributed by atoms with E-state index in [2.05, 4.69) is 6.92 Å². The number of hydrogen-bond acceptors (Lipinski definition) is 4. The second-order valence-corrected chi connectivity index (χ2v) is 8.25. The molecule has 2 fully saturated rings. The van der Waals surface area contributed by atoms with Crippen molar-refractivity contribution in [3.05, 3.63) is 24.3 Å². The third-order valence-electron chi connectivity index (χ3n) is 5.41. The molecule has 128 valence electrons. The summed E-state index contributed by atoms with van der Waals surface area (Å²) in [5.41, 5.74) is 0.476. The molecular formula is C16H21F2NO3S. The molecule has 3 rings (SSSR count). The van der Waals surface area contributed by atoms with Crippen LogP contribution in [0.4, 0.5) is 14.5 Å². The van der Waals surface area contributed by atoms with Crippen molar-refractivity contribution in [3.8, 4) is 0 Å². The lowest BCUT2D eigenvalue weighted by Gasteiger charge is -2.39. The molecule has 0 bridgehead atoms. The summed E-state index contributed by atoms with van der Waals surface area (Å²) in [6.07, 6.45) is 2.78. The first-order chi connectivity index (χ1) is 10.9. The van der Waals surface area contributed by atoms with Crippen LogP contribution in [0.2, 0.25) is 0 Å². The minimum absolute atomic E-state index is 0.0833. The predicted octanol–water partition coefficient (Wildman–Crippen LogP) is 3.08. The summed E-state index contributed by atoms with van der Waals surface area (Å²) in [4.78, 5) is 1.70. The van der Waals surface area contributed by atoms with Crippen LogP contribution in [0.5, 0.6) is 0 Å². The highest BCUT2D eigenvalue weighted by atomic mass is 32.2. The van der Waals surface area contributed by atoms with Crippen molar-refractivity contribution in [1.29, 1.82) is 0 Å². The van der Waals surface area contributed by atoms with Crippen LogP contribution in [-0.4, -0.2) is 40.0 Å². The molecule has 1 spiro atoms. The lowest BCUT2D eigenvalue weighted by molar-refractivity contribution is 0.0128. The Labute approximate surface area is 135 Å². The van der Waals surface area contributed by atoms with Gasteiger partial charge in [-0.25, -0.2) is 8.42 Å². The summed E-state index contributed by atoms with van der Waals surface area (Å²) in [5, 5.41) is 0. The van der Waals surface area contributed by atoms with Gasteiger partial charge in [-0.1, -0.05) is 12.1 Å². The molecule has 7 heteroatoms. The Morgan fingerprint density at radius 3 is 2.52 bits per heavy atom.